The van der Waals surface area contributed by atoms with E-state index in [0.717, 1.165) is 36.4 Å². The monoisotopic (exact) mass is 327 g/mol. The van der Waals surface area contributed by atoms with E-state index in [2.05, 4.69) is 22.5 Å². The van der Waals surface area contributed by atoms with Gasteiger partial charge in [0.1, 0.15) is 5.75 Å². The van der Waals surface area contributed by atoms with Gasteiger partial charge in [0.05, 0.1) is 6.61 Å². The molecule has 0 aliphatic carbocycles. The van der Waals surface area contributed by atoms with E-state index < -0.39 is 0 Å². The van der Waals surface area contributed by atoms with Gasteiger partial charge in [-0.25, -0.2) is 4.79 Å². The van der Waals surface area contributed by atoms with Crippen LogP contribution in [0.1, 0.15) is 32.4 Å². The zero-order valence-corrected chi connectivity index (χ0v) is 14.3. The Kier molecular flexibility index (Phi) is 7.08. The standard InChI is InChI=1S/C19H25N3O2/c1-3-6-15(2)21-19(23)22-17-8-10-18(11-9-17)24-14-12-16-7-4-5-13-20-16/h4-5,7-11,13,15H,3,6,12,14H2,1-2H3,(H2,21,22,23). The molecule has 1 atom stereocenters. The highest BCUT2D eigenvalue weighted by atomic mass is 16.5. The minimum atomic E-state index is -0.181. The van der Waals surface area contributed by atoms with Crippen LogP contribution in [0.5, 0.6) is 5.75 Å². The molecule has 0 aliphatic rings. The number of rotatable bonds is 8. The number of carbonyl (C=O) groups is 1. The average Bonchev–Trinajstić information content (AvgIpc) is 2.57. The molecule has 2 amide bonds. The normalized spacial score (nSPS) is 11.6. The molecule has 5 nitrogen and oxygen atoms in total. The minimum Gasteiger partial charge on any atom is -0.493 e. The van der Waals surface area contributed by atoms with Crippen LogP contribution in [-0.4, -0.2) is 23.7 Å². The van der Waals surface area contributed by atoms with Crippen molar-refractivity contribution in [2.24, 2.45) is 0 Å². The molecule has 1 aromatic heterocycles. The summed E-state index contributed by atoms with van der Waals surface area (Å²) >= 11 is 0. The van der Waals surface area contributed by atoms with Crippen LogP contribution in [0.15, 0.2) is 48.7 Å². The predicted molar refractivity (Wildman–Crippen MR) is 96.4 cm³/mol. The number of hydrogen-bond acceptors (Lipinski definition) is 3. The van der Waals surface area contributed by atoms with Gasteiger partial charge in [-0.15, -0.1) is 0 Å². The Morgan fingerprint density at radius 3 is 2.67 bits per heavy atom. The molecule has 2 N–H and O–H groups in total. The second-order valence-electron chi connectivity index (χ2n) is 5.73. The first-order valence-corrected chi connectivity index (χ1v) is 8.37. The highest BCUT2D eigenvalue weighted by Gasteiger charge is 2.06. The van der Waals surface area contributed by atoms with E-state index >= 15 is 0 Å². The van der Waals surface area contributed by atoms with Crippen molar-refractivity contribution in [3.63, 3.8) is 0 Å². The third kappa shape index (κ3) is 6.28. The molecule has 1 heterocycles. The maximum absolute atomic E-state index is 11.9. The summed E-state index contributed by atoms with van der Waals surface area (Å²) < 4.78 is 5.70. The molecule has 0 saturated carbocycles. The Morgan fingerprint density at radius 2 is 2.00 bits per heavy atom. The fourth-order valence-electron chi connectivity index (χ4n) is 2.35. The molecule has 128 valence electrons. The Labute approximate surface area is 143 Å². The van der Waals surface area contributed by atoms with E-state index in [1.807, 2.05) is 49.4 Å². The van der Waals surface area contributed by atoms with Crippen molar-refractivity contribution in [1.82, 2.24) is 10.3 Å². The van der Waals surface area contributed by atoms with E-state index in [-0.39, 0.29) is 12.1 Å². The van der Waals surface area contributed by atoms with Crippen LogP contribution >= 0.6 is 0 Å². The first-order valence-electron chi connectivity index (χ1n) is 8.37. The summed E-state index contributed by atoms with van der Waals surface area (Å²) in [5, 5.41) is 5.73. The molecule has 0 spiro atoms. The number of aromatic nitrogens is 1. The Morgan fingerprint density at radius 1 is 1.21 bits per heavy atom. The molecule has 1 aromatic carbocycles. The lowest BCUT2D eigenvalue weighted by Crippen LogP contribution is -2.35. The van der Waals surface area contributed by atoms with Crippen molar-refractivity contribution in [3.05, 3.63) is 54.4 Å². The molecule has 0 saturated heterocycles. The zero-order chi connectivity index (χ0) is 17.2. The molecule has 0 fully saturated rings. The molecule has 2 rings (SSSR count). The lowest BCUT2D eigenvalue weighted by molar-refractivity contribution is 0.248. The van der Waals surface area contributed by atoms with Crippen molar-refractivity contribution in [2.75, 3.05) is 11.9 Å². The van der Waals surface area contributed by atoms with Gasteiger partial charge in [0.2, 0.25) is 0 Å². The van der Waals surface area contributed by atoms with E-state index in [4.69, 9.17) is 4.74 Å². The fraction of sp³-hybridized carbons (Fsp3) is 0.368. The number of nitrogens with one attached hydrogen (secondary N) is 2. The number of carbonyl (C=O) groups excluding carboxylic acids is 1. The van der Waals surface area contributed by atoms with E-state index in [0.29, 0.717) is 6.61 Å². The number of ether oxygens (including phenoxy) is 1. The second kappa shape index (κ2) is 9.55. The Balaban J connectivity index is 1.75. The van der Waals surface area contributed by atoms with Gasteiger partial charge in [0, 0.05) is 30.0 Å². The lowest BCUT2D eigenvalue weighted by Gasteiger charge is -2.14. The van der Waals surface area contributed by atoms with Gasteiger partial charge >= 0.3 is 6.03 Å². The molecule has 24 heavy (non-hydrogen) atoms. The van der Waals surface area contributed by atoms with E-state index in [1.165, 1.54) is 0 Å². The summed E-state index contributed by atoms with van der Waals surface area (Å²) in [7, 11) is 0. The first kappa shape index (κ1) is 17.8. The first-order chi connectivity index (χ1) is 11.7. The molecule has 0 bridgehead atoms. The highest BCUT2D eigenvalue weighted by molar-refractivity contribution is 5.89. The van der Waals surface area contributed by atoms with Gasteiger partial charge in [-0.2, -0.15) is 0 Å². The number of amides is 2. The van der Waals surface area contributed by atoms with Crippen molar-refractivity contribution in [3.8, 4) is 5.75 Å². The molecular formula is C19H25N3O2. The molecule has 1 unspecified atom stereocenters. The number of hydrogen-bond donors (Lipinski definition) is 2. The summed E-state index contributed by atoms with van der Waals surface area (Å²) in [4.78, 5) is 16.1. The van der Waals surface area contributed by atoms with Gasteiger partial charge in [-0.3, -0.25) is 4.98 Å². The van der Waals surface area contributed by atoms with Gasteiger partial charge in [-0.1, -0.05) is 19.4 Å². The van der Waals surface area contributed by atoms with Gasteiger partial charge in [0.25, 0.3) is 0 Å². The van der Waals surface area contributed by atoms with Gasteiger partial charge < -0.3 is 15.4 Å². The van der Waals surface area contributed by atoms with Crippen LogP contribution in [0.4, 0.5) is 10.5 Å². The zero-order valence-electron chi connectivity index (χ0n) is 14.3. The van der Waals surface area contributed by atoms with Crippen LogP contribution in [0.2, 0.25) is 0 Å². The van der Waals surface area contributed by atoms with Crippen molar-refractivity contribution < 1.29 is 9.53 Å². The molecule has 2 aromatic rings. The summed E-state index contributed by atoms with van der Waals surface area (Å²) in [6, 6.07) is 13.2. The SMILES string of the molecule is CCCC(C)NC(=O)Nc1ccc(OCCc2ccccn2)cc1. The van der Waals surface area contributed by atoms with Gasteiger partial charge in [-0.05, 0) is 49.7 Å². The summed E-state index contributed by atoms with van der Waals surface area (Å²) in [5.41, 5.74) is 1.75. The molecule has 0 aliphatic heterocycles. The van der Waals surface area contributed by atoms with Crippen LogP contribution in [0.3, 0.4) is 0 Å². The summed E-state index contributed by atoms with van der Waals surface area (Å²) in [5.74, 6) is 0.774. The molecular weight excluding hydrogens is 302 g/mol. The summed E-state index contributed by atoms with van der Waals surface area (Å²) in [6.45, 7) is 4.67. The van der Waals surface area contributed by atoms with E-state index in [1.54, 1.807) is 6.20 Å². The maximum atomic E-state index is 11.9. The molecule has 0 radical (unpaired) electrons. The topological polar surface area (TPSA) is 63.2 Å². The Hall–Kier alpha value is -2.56. The maximum Gasteiger partial charge on any atom is 0.319 e. The quantitative estimate of drug-likeness (QED) is 0.770. The van der Waals surface area contributed by atoms with Crippen molar-refractivity contribution >= 4 is 11.7 Å². The van der Waals surface area contributed by atoms with Crippen LogP contribution in [0, 0.1) is 0 Å². The van der Waals surface area contributed by atoms with Gasteiger partial charge in [0.15, 0.2) is 0 Å². The third-order valence-corrected chi connectivity index (χ3v) is 3.56. The smallest absolute Gasteiger partial charge is 0.319 e. The van der Waals surface area contributed by atoms with Crippen LogP contribution in [-0.2, 0) is 6.42 Å². The highest BCUT2D eigenvalue weighted by Crippen LogP contribution is 2.16. The van der Waals surface area contributed by atoms with E-state index in [9.17, 15) is 4.79 Å². The number of nitrogens with zero attached hydrogens (tertiary/aromatic N) is 1. The minimum absolute atomic E-state index is 0.171. The number of urea groups is 1. The van der Waals surface area contributed by atoms with Crippen molar-refractivity contribution in [1.29, 1.82) is 0 Å². The average molecular weight is 327 g/mol. The lowest BCUT2D eigenvalue weighted by atomic mass is 10.2. The summed E-state index contributed by atoms with van der Waals surface area (Å²) in [6.07, 6.45) is 4.56. The fourth-order valence-corrected chi connectivity index (χ4v) is 2.35. The van der Waals surface area contributed by atoms with Crippen molar-refractivity contribution in [2.45, 2.75) is 39.2 Å². The second-order valence-corrected chi connectivity index (χ2v) is 5.73. The number of anilines is 1. The third-order valence-electron chi connectivity index (χ3n) is 3.56. The number of pyridine rings is 1. The Bertz CT molecular complexity index is 614. The largest absolute Gasteiger partial charge is 0.493 e. The predicted octanol–water partition coefficient (Wildman–Crippen LogP) is 4.01. The number of benzene rings is 1. The molecule has 5 heteroatoms. The van der Waals surface area contributed by atoms with Crippen LogP contribution in [0.25, 0.3) is 0 Å². The van der Waals surface area contributed by atoms with Crippen LogP contribution < -0.4 is 15.4 Å².